The van der Waals surface area contributed by atoms with Gasteiger partial charge in [0.2, 0.25) is 11.8 Å². The summed E-state index contributed by atoms with van der Waals surface area (Å²) in [6, 6.07) is 5.32. The minimum absolute atomic E-state index is 0.159. The topological polar surface area (TPSA) is 90.4 Å². The summed E-state index contributed by atoms with van der Waals surface area (Å²) in [6.45, 7) is 13.9. The molecule has 0 aromatic heterocycles. The number of hydrogen-bond acceptors (Lipinski definition) is 5. The molecule has 1 aromatic carbocycles. The Kier molecular flexibility index (Phi) is 8.07. The molecule has 3 fully saturated rings. The number of para-hydroxylation sites is 1. The number of aliphatic hydroxyl groups excluding tert-OH is 1. The van der Waals surface area contributed by atoms with E-state index in [0.29, 0.717) is 36.6 Å². The standard InChI is InChI=1S/C29H38ClN3O5/c1-6-15-31(16-7-2)25(35)22-23-26(36)33(19(4)18-34)24(29(23)14-13-28(22,5)38-29)27(37)32(17-8-3)21-12-10-9-11-20(21)30/h6,8-12,19,22-24,34H,1,3,7,13-18H2,2,4-5H3/t19-,22-,23+,24?,28+,29?/m1/s1. The molecule has 3 aliphatic rings. The highest BCUT2D eigenvalue weighted by Crippen LogP contribution is 2.64. The Morgan fingerprint density at radius 1 is 1.24 bits per heavy atom. The van der Waals surface area contributed by atoms with E-state index in [4.69, 9.17) is 16.3 Å². The molecule has 206 valence electrons. The Labute approximate surface area is 229 Å². The van der Waals surface area contributed by atoms with Crippen molar-refractivity contribution in [3.63, 3.8) is 0 Å². The van der Waals surface area contributed by atoms with Gasteiger partial charge in [0, 0.05) is 19.6 Å². The zero-order valence-electron chi connectivity index (χ0n) is 22.4. The molecule has 1 spiro atoms. The lowest BCUT2D eigenvalue weighted by atomic mass is 9.66. The number of halogens is 1. The van der Waals surface area contributed by atoms with E-state index in [9.17, 15) is 19.5 Å². The number of aliphatic hydroxyl groups is 1. The van der Waals surface area contributed by atoms with Crippen molar-refractivity contribution >= 4 is 35.0 Å². The summed E-state index contributed by atoms with van der Waals surface area (Å²) in [4.78, 5) is 47.3. The molecule has 0 saturated carbocycles. The van der Waals surface area contributed by atoms with E-state index in [0.717, 1.165) is 6.42 Å². The molecule has 3 amide bonds. The number of anilines is 1. The van der Waals surface area contributed by atoms with Crippen LogP contribution in [0.15, 0.2) is 49.6 Å². The van der Waals surface area contributed by atoms with Crippen LogP contribution in [0.5, 0.6) is 0 Å². The van der Waals surface area contributed by atoms with Crippen LogP contribution in [0.25, 0.3) is 0 Å². The molecule has 1 aromatic rings. The molecule has 4 rings (SSSR count). The number of carbonyl (C=O) groups excluding carboxylic acids is 3. The van der Waals surface area contributed by atoms with Crippen molar-refractivity contribution in [3.8, 4) is 0 Å². The first-order valence-corrected chi connectivity index (χ1v) is 13.7. The zero-order valence-corrected chi connectivity index (χ0v) is 23.2. The number of benzene rings is 1. The highest BCUT2D eigenvalue weighted by Gasteiger charge is 2.78. The first kappa shape index (κ1) is 28.3. The van der Waals surface area contributed by atoms with Gasteiger partial charge in [-0.15, -0.1) is 13.2 Å². The largest absolute Gasteiger partial charge is 0.394 e. The van der Waals surface area contributed by atoms with Gasteiger partial charge in [0.1, 0.15) is 11.6 Å². The summed E-state index contributed by atoms with van der Waals surface area (Å²) in [7, 11) is 0. The van der Waals surface area contributed by atoms with Crippen LogP contribution < -0.4 is 4.90 Å². The summed E-state index contributed by atoms with van der Waals surface area (Å²) in [5, 5.41) is 10.5. The number of carbonyl (C=O) groups is 3. The number of fused-ring (bicyclic) bond motifs is 1. The van der Waals surface area contributed by atoms with Gasteiger partial charge >= 0.3 is 0 Å². The van der Waals surface area contributed by atoms with E-state index >= 15 is 0 Å². The fourth-order valence-corrected chi connectivity index (χ4v) is 6.99. The molecule has 1 N–H and O–H groups in total. The smallest absolute Gasteiger partial charge is 0.253 e. The summed E-state index contributed by atoms with van der Waals surface area (Å²) in [5.74, 6) is -2.44. The van der Waals surface area contributed by atoms with Gasteiger partial charge in [-0.05, 0) is 45.2 Å². The van der Waals surface area contributed by atoms with Gasteiger partial charge in [0.05, 0.1) is 40.8 Å². The van der Waals surface area contributed by atoms with Crippen molar-refractivity contribution in [1.29, 1.82) is 0 Å². The molecule has 2 unspecified atom stereocenters. The SMILES string of the molecule is C=CCN(CCC)C(=O)[C@H]1[C@H]2C(=O)N([C@H](C)CO)C(C(=O)N(CC=C)c3ccccc3Cl)C23CC[C@]1(C)O3. The van der Waals surface area contributed by atoms with E-state index in [1.165, 1.54) is 9.80 Å². The zero-order chi connectivity index (χ0) is 27.8. The summed E-state index contributed by atoms with van der Waals surface area (Å²) >= 11 is 6.49. The maximum atomic E-state index is 14.5. The fourth-order valence-electron chi connectivity index (χ4n) is 6.75. The number of likely N-dealkylation sites (tertiary alicyclic amines) is 1. The third-order valence-corrected chi connectivity index (χ3v) is 8.65. The van der Waals surface area contributed by atoms with Crippen molar-refractivity contribution in [2.24, 2.45) is 11.8 Å². The maximum absolute atomic E-state index is 14.5. The Hall–Kier alpha value is -2.68. The molecule has 2 bridgehead atoms. The lowest BCUT2D eigenvalue weighted by molar-refractivity contribution is -0.151. The second kappa shape index (κ2) is 10.8. The van der Waals surface area contributed by atoms with Crippen molar-refractivity contribution in [3.05, 3.63) is 54.6 Å². The van der Waals surface area contributed by atoms with Crippen LogP contribution in [0.3, 0.4) is 0 Å². The molecule has 3 heterocycles. The van der Waals surface area contributed by atoms with E-state index in [2.05, 4.69) is 13.2 Å². The minimum atomic E-state index is -1.20. The molecule has 0 aliphatic carbocycles. The van der Waals surface area contributed by atoms with Gasteiger partial charge < -0.3 is 24.5 Å². The quantitative estimate of drug-likeness (QED) is 0.432. The van der Waals surface area contributed by atoms with Gasteiger partial charge in [-0.1, -0.05) is 42.8 Å². The van der Waals surface area contributed by atoms with Crippen molar-refractivity contribution in [2.45, 2.75) is 63.3 Å². The molecule has 3 aliphatic heterocycles. The highest BCUT2D eigenvalue weighted by atomic mass is 35.5. The van der Waals surface area contributed by atoms with E-state index in [-0.39, 0.29) is 30.9 Å². The molecule has 9 heteroatoms. The van der Waals surface area contributed by atoms with Crippen LogP contribution in [-0.4, -0.2) is 82.2 Å². The third kappa shape index (κ3) is 4.27. The number of amides is 3. The second-order valence-electron chi connectivity index (χ2n) is 10.8. The van der Waals surface area contributed by atoms with Gasteiger partial charge in [0.15, 0.2) is 0 Å². The summed E-state index contributed by atoms with van der Waals surface area (Å²) in [6.07, 6.45) is 5.04. The molecule has 6 atom stereocenters. The van der Waals surface area contributed by atoms with Gasteiger partial charge in [-0.25, -0.2) is 0 Å². The van der Waals surface area contributed by atoms with Crippen LogP contribution >= 0.6 is 11.6 Å². The van der Waals surface area contributed by atoms with E-state index < -0.39 is 35.1 Å². The van der Waals surface area contributed by atoms with E-state index in [1.807, 2.05) is 13.8 Å². The lowest BCUT2D eigenvalue weighted by Gasteiger charge is -2.38. The Bertz CT molecular complexity index is 1130. The molecular formula is C29H38ClN3O5. The second-order valence-corrected chi connectivity index (χ2v) is 11.2. The Balaban J connectivity index is 1.83. The number of hydrogen-bond donors (Lipinski definition) is 1. The van der Waals surface area contributed by atoms with Crippen molar-refractivity contribution < 1.29 is 24.2 Å². The average molecular weight is 544 g/mol. The molecule has 38 heavy (non-hydrogen) atoms. The molecule has 3 saturated heterocycles. The first-order valence-electron chi connectivity index (χ1n) is 13.3. The first-order chi connectivity index (χ1) is 18.1. The van der Waals surface area contributed by atoms with Crippen LogP contribution in [0.2, 0.25) is 5.02 Å². The number of nitrogens with zero attached hydrogens (tertiary/aromatic N) is 3. The van der Waals surface area contributed by atoms with Crippen LogP contribution in [0.4, 0.5) is 5.69 Å². The minimum Gasteiger partial charge on any atom is -0.394 e. The number of rotatable bonds is 11. The third-order valence-electron chi connectivity index (χ3n) is 8.33. The lowest BCUT2D eigenvalue weighted by Crippen LogP contribution is -2.58. The summed E-state index contributed by atoms with van der Waals surface area (Å²) in [5.41, 5.74) is -1.58. The van der Waals surface area contributed by atoms with Gasteiger partial charge in [0.25, 0.3) is 5.91 Å². The molecule has 0 radical (unpaired) electrons. The van der Waals surface area contributed by atoms with Crippen molar-refractivity contribution in [2.75, 3.05) is 31.1 Å². The average Bonchev–Trinajstić information content (AvgIpc) is 3.47. The van der Waals surface area contributed by atoms with Crippen LogP contribution in [-0.2, 0) is 19.1 Å². The maximum Gasteiger partial charge on any atom is 0.253 e. The fraction of sp³-hybridized carbons (Fsp3) is 0.552. The normalized spacial score (nSPS) is 30.2. The number of ether oxygens (including phenoxy) is 1. The van der Waals surface area contributed by atoms with Gasteiger partial charge in [-0.2, -0.15) is 0 Å². The monoisotopic (exact) mass is 543 g/mol. The molecular weight excluding hydrogens is 506 g/mol. The van der Waals surface area contributed by atoms with E-state index in [1.54, 1.807) is 48.2 Å². The summed E-state index contributed by atoms with van der Waals surface area (Å²) < 4.78 is 6.71. The van der Waals surface area contributed by atoms with Crippen LogP contribution in [0, 0.1) is 11.8 Å². The van der Waals surface area contributed by atoms with Crippen LogP contribution in [0.1, 0.15) is 40.0 Å². The molecule has 8 nitrogen and oxygen atoms in total. The Morgan fingerprint density at radius 2 is 1.92 bits per heavy atom. The van der Waals surface area contributed by atoms with Crippen molar-refractivity contribution in [1.82, 2.24) is 9.80 Å². The highest BCUT2D eigenvalue weighted by molar-refractivity contribution is 6.34. The predicted octanol–water partition coefficient (Wildman–Crippen LogP) is 3.43. The Morgan fingerprint density at radius 3 is 2.53 bits per heavy atom. The van der Waals surface area contributed by atoms with Gasteiger partial charge in [-0.3, -0.25) is 14.4 Å². The predicted molar refractivity (Wildman–Crippen MR) is 147 cm³/mol.